The molecule has 0 aromatic heterocycles. The third kappa shape index (κ3) is 7.17. The van der Waals surface area contributed by atoms with Gasteiger partial charge in [-0.2, -0.15) is 13.2 Å². The molecule has 0 aliphatic heterocycles. The number of benzene rings is 2. The van der Waals surface area contributed by atoms with E-state index in [0.717, 1.165) is 6.07 Å². The van der Waals surface area contributed by atoms with Gasteiger partial charge in [-0.3, -0.25) is 14.4 Å². The van der Waals surface area contributed by atoms with Crippen molar-refractivity contribution in [3.8, 4) is 5.75 Å². The molecule has 0 saturated heterocycles. The van der Waals surface area contributed by atoms with Gasteiger partial charge in [0.15, 0.2) is 0 Å². The van der Waals surface area contributed by atoms with E-state index in [0.29, 0.717) is 49.1 Å². The van der Waals surface area contributed by atoms with E-state index in [4.69, 9.17) is 9.84 Å². The summed E-state index contributed by atoms with van der Waals surface area (Å²) < 4.78 is 57.6. The molecule has 1 saturated carbocycles. The van der Waals surface area contributed by atoms with Crippen molar-refractivity contribution in [1.29, 1.82) is 0 Å². The van der Waals surface area contributed by atoms with Gasteiger partial charge in [-0.1, -0.05) is 0 Å². The fourth-order valence-corrected chi connectivity index (χ4v) is 3.74. The van der Waals surface area contributed by atoms with Crippen LogP contribution in [-0.2, 0) is 11.0 Å². The predicted octanol–water partition coefficient (Wildman–Crippen LogP) is 4.03. The number of rotatable bonds is 8. The van der Waals surface area contributed by atoms with Crippen LogP contribution in [0.2, 0.25) is 0 Å². The average Bonchev–Trinajstić information content (AvgIpc) is 2.82. The Hall–Kier alpha value is -3.63. The molecule has 0 atom stereocenters. The molecule has 1 aliphatic rings. The minimum Gasteiger partial charge on any atom is -0.490 e. The van der Waals surface area contributed by atoms with Crippen molar-refractivity contribution < 1.29 is 41.8 Å². The van der Waals surface area contributed by atoms with E-state index >= 15 is 0 Å². The zero-order chi connectivity index (χ0) is 25.6. The molecule has 2 aromatic carbocycles. The van der Waals surface area contributed by atoms with Gasteiger partial charge in [-0.25, -0.2) is 4.39 Å². The second kappa shape index (κ2) is 11.2. The van der Waals surface area contributed by atoms with Crippen LogP contribution in [0.3, 0.4) is 0 Å². The average molecular weight is 496 g/mol. The number of amides is 2. The molecule has 1 aliphatic carbocycles. The van der Waals surface area contributed by atoms with Crippen LogP contribution in [0, 0.1) is 11.7 Å². The minimum absolute atomic E-state index is 0.0168. The summed E-state index contributed by atoms with van der Waals surface area (Å²) in [5, 5.41) is 14.0. The first-order chi connectivity index (χ1) is 16.5. The Bertz CT molecular complexity index is 1060. The quantitative estimate of drug-likeness (QED) is 0.378. The second-order valence-corrected chi connectivity index (χ2v) is 8.16. The van der Waals surface area contributed by atoms with Crippen molar-refractivity contribution in [3.05, 3.63) is 65.0 Å². The number of aliphatic carboxylic acids is 1. The molecule has 3 N–H and O–H groups in total. The molecule has 7 nitrogen and oxygen atoms in total. The molecule has 3 rings (SSSR count). The molecule has 0 heterocycles. The van der Waals surface area contributed by atoms with Crippen LogP contribution in [0.1, 0.15) is 52.0 Å². The third-order valence-corrected chi connectivity index (χ3v) is 5.67. The van der Waals surface area contributed by atoms with Crippen LogP contribution in [0.4, 0.5) is 17.6 Å². The number of hydrogen-bond donors (Lipinski definition) is 3. The molecular formula is C24H24F4N2O5. The van der Waals surface area contributed by atoms with Gasteiger partial charge in [0.1, 0.15) is 11.6 Å². The van der Waals surface area contributed by atoms with E-state index in [-0.39, 0.29) is 30.7 Å². The van der Waals surface area contributed by atoms with E-state index < -0.39 is 35.3 Å². The highest BCUT2D eigenvalue weighted by Gasteiger charge is 2.34. The number of carboxylic acids is 1. The lowest BCUT2D eigenvalue weighted by molar-refractivity contribution is -0.143. The van der Waals surface area contributed by atoms with Crippen LogP contribution >= 0.6 is 0 Å². The largest absolute Gasteiger partial charge is 0.490 e. The Kier molecular flexibility index (Phi) is 8.31. The summed E-state index contributed by atoms with van der Waals surface area (Å²) in [5.41, 5.74) is -1.54. The highest BCUT2D eigenvalue weighted by molar-refractivity contribution is 5.95. The van der Waals surface area contributed by atoms with Crippen LogP contribution in [0.5, 0.6) is 5.75 Å². The van der Waals surface area contributed by atoms with Crippen LogP contribution < -0.4 is 15.4 Å². The molecule has 188 valence electrons. The van der Waals surface area contributed by atoms with Crippen molar-refractivity contribution in [2.24, 2.45) is 5.92 Å². The summed E-state index contributed by atoms with van der Waals surface area (Å²) in [7, 11) is 0. The fraction of sp³-hybridized carbons (Fsp3) is 0.375. The van der Waals surface area contributed by atoms with Gasteiger partial charge in [0.25, 0.3) is 11.8 Å². The standard InChI is InChI=1S/C24H24F4N2O5/c25-20-10-5-16(13-19(20)24(26,27)28)22(32)30-12-11-29-21(31)14-1-6-17(7-2-14)35-18-8-3-15(4-9-18)23(33)34/h1-2,5-7,10,13,15,18H,3-4,8-9,11-12H2,(H,29,31)(H,30,32)(H,33,34). The van der Waals surface area contributed by atoms with E-state index in [1.165, 1.54) is 0 Å². The highest BCUT2D eigenvalue weighted by atomic mass is 19.4. The smallest absolute Gasteiger partial charge is 0.419 e. The number of carbonyl (C=O) groups excluding carboxylic acids is 2. The Balaban J connectivity index is 1.42. The molecule has 0 radical (unpaired) electrons. The first kappa shape index (κ1) is 26.0. The number of carboxylic acid groups (broad SMARTS) is 1. The van der Waals surface area contributed by atoms with Crippen LogP contribution in [-0.4, -0.2) is 42.1 Å². The Labute approximate surface area is 198 Å². The number of alkyl halides is 3. The zero-order valence-electron chi connectivity index (χ0n) is 18.5. The van der Waals surface area contributed by atoms with Crippen molar-refractivity contribution in [1.82, 2.24) is 10.6 Å². The van der Waals surface area contributed by atoms with E-state index in [2.05, 4.69) is 10.6 Å². The molecule has 35 heavy (non-hydrogen) atoms. The summed E-state index contributed by atoms with van der Waals surface area (Å²) in [6, 6.07) is 8.34. The molecule has 1 fully saturated rings. The number of halogens is 4. The molecule has 0 unspecified atom stereocenters. The predicted molar refractivity (Wildman–Crippen MR) is 117 cm³/mol. The maximum absolute atomic E-state index is 13.3. The lowest BCUT2D eigenvalue weighted by Crippen LogP contribution is -2.34. The van der Waals surface area contributed by atoms with Gasteiger partial charge in [0.2, 0.25) is 0 Å². The van der Waals surface area contributed by atoms with Crippen molar-refractivity contribution in [2.45, 2.75) is 38.0 Å². The van der Waals surface area contributed by atoms with Gasteiger partial charge >= 0.3 is 12.1 Å². The fourth-order valence-electron chi connectivity index (χ4n) is 3.74. The molecule has 0 spiro atoms. The number of carbonyl (C=O) groups is 3. The first-order valence-electron chi connectivity index (χ1n) is 11.0. The van der Waals surface area contributed by atoms with E-state index in [1.807, 2.05) is 0 Å². The van der Waals surface area contributed by atoms with Gasteiger partial charge in [-0.05, 0) is 68.1 Å². The minimum atomic E-state index is -4.92. The number of ether oxygens (including phenoxy) is 1. The van der Waals surface area contributed by atoms with Gasteiger partial charge in [-0.15, -0.1) is 0 Å². The zero-order valence-corrected chi connectivity index (χ0v) is 18.5. The number of hydrogen-bond acceptors (Lipinski definition) is 4. The van der Waals surface area contributed by atoms with Crippen molar-refractivity contribution in [3.63, 3.8) is 0 Å². The normalized spacial score (nSPS) is 17.9. The summed E-state index contributed by atoms with van der Waals surface area (Å²) in [5.74, 6) is -3.28. The molecule has 2 aromatic rings. The maximum atomic E-state index is 13.3. The molecule has 2 amide bonds. The monoisotopic (exact) mass is 496 g/mol. The van der Waals surface area contributed by atoms with Crippen LogP contribution in [0.15, 0.2) is 42.5 Å². The summed E-state index contributed by atoms with van der Waals surface area (Å²) in [6.45, 7) is -0.0352. The first-order valence-corrected chi connectivity index (χ1v) is 11.0. The van der Waals surface area contributed by atoms with E-state index in [9.17, 15) is 31.9 Å². The van der Waals surface area contributed by atoms with E-state index in [1.54, 1.807) is 24.3 Å². The van der Waals surface area contributed by atoms with Gasteiger partial charge in [0.05, 0.1) is 17.6 Å². The van der Waals surface area contributed by atoms with Crippen molar-refractivity contribution >= 4 is 17.8 Å². The Morgan fingerprint density at radius 3 is 1.97 bits per heavy atom. The topological polar surface area (TPSA) is 105 Å². The molecular weight excluding hydrogens is 472 g/mol. The second-order valence-electron chi connectivity index (χ2n) is 8.16. The lowest BCUT2D eigenvalue weighted by Gasteiger charge is -2.26. The maximum Gasteiger partial charge on any atom is 0.419 e. The van der Waals surface area contributed by atoms with Gasteiger partial charge in [0, 0.05) is 24.2 Å². The number of nitrogens with one attached hydrogen (secondary N) is 2. The van der Waals surface area contributed by atoms with Gasteiger partial charge < -0.3 is 20.5 Å². The summed E-state index contributed by atoms with van der Waals surface area (Å²) >= 11 is 0. The summed E-state index contributed by atoms with van der Waals surface area (Å²) in [4.78, 5) is 35.3. The van der Waals surface area contributed by atoms with Crippen LogP contribution in [0.25, 0.3) is 0 Å². The Morgan fingerprint density at radius 1 is 0.886 bits per heavy atom. The molecule has 11 heteroatoms. The summed E-state index contributed by atoms with van der Waals surface area (Å²) in [6.07, 6.45) is -2.61. The highest BCUT2D eigenvalue weighted by Crippen LogP contribution is 2.32. The van der Waals surface area contributed by atoms with Crippen molar-refractivity contribution in [2.75, 3.05) is 13.1 Å². The lowest BCUT2D eigenvalue weighted by atomic mass is 9.87. The Morgan fingerprint density at radius 2 is 1.43 bits per heavy atom. The third-order valence-electron chi connectivity index (χ3n) is 5.67. The molecule has 0 bridgehead atoms. The SMILES string of the molecule is O=C(NCCNC(=O)c1ccc(F)c(C(F)(F)F)c1)c1ccc(OC2CCC(C(=O)O)CC2)cc1.